The molecule has 2 amide bonds. The molecule has 1 aliphatic carbocycles. The Morgan fingerprint density at radius 1 is 0.867 bits per heavy atom. The fourth-order valence-corrected chi connectivity index (χ4v) is 5.22. The van der Waals surface area contributed by atoms with Crippen molar-refractivity contribution in [3.8, 4) is 0 Å². The van der Waals surface area contributed by atoms with Crippen LogP contribution in [-0.4, -0.2) is 78.4 Å². The Balaban J connectivity index is 1.28. The summed E-state index contributed by atoms with van der Waals surface area (Å²) in [7, 11) is 0. The molecule has 6 heteroatoms. The van der Waals surface area contributed by atoms with Crippen molar-refractivity contribution in [2.45, 2.75) is 51.2 Å². The average molecular weight is 414 g/mol. The van der Waals surface area contributed by atoms with Crippen LogP contribution in [0.2, 0.25) is 0 Å². The maximum Gasteiger partial charge on any atom is 0.248 e. The molecule has 2 aliphatic heterocycles. The van der Waals surface area contributed by atoms with Gasteiger partial charge in [0.05, 0.1) is 12.6 Å². The SMILES string of the molecule is O=C(COCc1ccccc1)N1CCN([C@@H](C(=O)N2CCCC2)C2CCCC2)CC1. The second-order valence-corrected chi connectivity index (χ2v) is 8.92. The second-order valence-electron chi connectivity index (χ2n) is 8.92. The van der Waals surface area contributed by atoms with Gasteiger partial charge in [0.25, 0.3) is 0 Å². The van der Waals surface area contributed by atoms with Gasteiger partial charge in [0, 0.05) is 39.3 Å². The third-order valence-corrected chi connectivity index (χ3v) is 6.91. The molecule has 1 atom stereocenters. The molecule has 3 fully saturated rings. The smallest absolute Gasteiger partial charge is 0.248 e. The quantitative estimate of drug-likeness (QED) is 0.689. The van der Waals surface area contributed by atoms with Crippen LogP contribution in [0, 0.1) is 5.92 Å². The summed E-state index contributed by atoms with van der Waals surface area (Å²) in [6.07, 6.45) is 7.08. The molecule has 0 unspecified atom stereocenters. The number of rotatable bonds is 7. The lowest BCUT2D eigenvalue weighted by Crippen LogP contribution is -2.58. The Morgan fingerprint density at radius 3 is 2.20 bits per heavy atom. The highest BCUT2D eigenvalue weighted by Crippen LogP contribution is 2.32. The third kappa shape index (κ3) is 5.22. The fraction of sp³-hybridized carbons (Fsp3) is 0.667. The molecule has 0 bridgehead atoms. The highest BCUT2D eigenvalue weighted by molar-refractivity contribution is 5.82. The molecule has 2 saturated heterocycles. The number of nitrogens with zero attached hydrogens (tertiary/aromatic N) is 3. The molecular formula is C24H35N3O3. The maximum atomic E-state index is 13.3. The first kappa shape index (κ1) is 21.3. The molecule has 4 rings (SSSR count). The first-order chi connectivity index (χ1) is 14.7. The number of hydrogen-bond acceptors (Lipinski definition) is 4. The van der Waals surface area contributed by atoms with Crippen molar-refractivity contribution >= 4 is 11.8 Å². The number of hydrogen-bond donors (Lipinski definition) is 0. The number of ether oxygens (including phenoxy) is 1. The van der Waals surface area contributed by atoms with Crippen molar-refractivity contribution in [3.63, 3.8) is 0 Å². The van der Waals surface area contributed by atoms with Gasteiger partial charge in [0.2, 0.25) is 11.8 Å². The van der Waals surface area contributed by atoms with E-state index in [1.807, 2.05) is 35.2 Å². The Hall–Kier alpha value is -1.92. The lowest BCUT2D eigenvalue weighted by atomic mass is 9.94. The van der Waals surface area contributed by atoms with E-state index in [1.54, 1.807) is 0 Å². The van der Waals surface area contributed by atoms with Gasteiger partial charge in [-0.2, -0.15) is 0 Å². The van der Waals surface area contributed by atoms with E-state index in [9.17, 15) is 9.59 Å². The van der Waals surface area contributed by atoms with Crippen molar-refractivity contribution in [2.75, 3.05) is 45.9 Å². The fourth-order valence-electron chi connectivity index (χ4n) is 5.22. The second kappa shape index (κ2) is 10.4. The zero-order chi connectivity index (χ0) is 20.8. The minimum atomic E-state index is 0.0113. The first-order valence-corrected chi connectivity index (χ1v) is 11.6. The molecule has 3 aliphatic rings. The number of amides is 2. The van der Waals surface area contributed by atoms with Crippen molar-refractivity contribution in [3.05, 3.63) is 35.9 Å². The van der Waals surface area contributed by atoms with Crippen LogP contribution in [0.4, 0.5) is 0 Å². The van der Waals surface area contributed by atoms with E-state index in [0.717, 1.165) is 57.4 Å². The zero-order valence-electron chi connectivity index (χ0n) is 18.0. The van der Waals surface area contributed by atoms with E-state index in [2.05, 4.69) is 9.80 Å². The number of carbonyl (C=O) groups is 2. The van der Waals surface area contributed by atoms with Gasteiger partial charge in [0.1, 0.15) is 6.61 Å². The monoisotopic (exact) mass is 413 g/mol. The summed E-state index contributed by atoms with van der Waals surface area (Å²) in [5.74, 6) is 0.869. The number of carbonyl (C=O) groups excluding carboxylic acids is 2. The van der Waals surface area contributed by atoms with Crippen LogP contribution in [0.1, 0.15) is 44.1 Å². The van der Waals surface area contributed by atoms with Crippen molar-refractivity contribution in [2.24, 2.45) is 5.92 Å². The van der Waals surface area contributed by atoms with E-state index < -0.39 is 0 Å². The minimum Gasteiger partial charge on any atom is -0.367 e. The van der Waals surface area contributed by atoms with Crippen LogP contribution in [0.15, 0.2) is 30.3 Å². The van der Waals surface area contributed by atoms with E-state index in [-0.39, 0.29) is 18.6 Å². The number of benzene rings is 1. The van der Waals surface area contributed by atoms with Crippen molar-refractivity contribution in [1.29, 1.82) is 0 Å². The molecule has 0 radical (unpaired) electrons. The Morgan fingerprint density at radius 2 is 1.53 bits per heavy atom. The summed E-state index contributed by atoms with van der Waals surface area (Å²) < 4.78 is 5.63. The van der Waals surface area contributed by atoms with Crippen LogP contribution >= 0.6 is 0 Å². The van der Waals surface area contributed by atoms with Gasteiger partial charge in [-0.15, -0.1) is 0 Å². The van der Waals surface area contributed by atoms with Crippen LogP contribution in [0.25, 0.3) is 0 Å². The summed E-state index contributed by atoms with van der Waals surface area (Å²) in [5, 5.41) is 0. The molecular weight excluding hydrogens is 378 g/mol. The molecule has 0 N–H and O–H groups in total. The van der Waals surface area contributed by atoms with Crippen molar-refractivity contribution in [1.82, 2.24) is 14.7 Å². The van der Waals surface area contributed by atoms with Crippen LogP contribution in [-0.2, 0) is 20.9 Å². The molecule has 1 saturated carbocycles. The Bertz CT molecular complexity index is 691. The summed E-state index contributed by atoms with van der Waals surface area (Å²) in [6, 6.07) is 9.94. The van der Waals surface area contributed by atoms with Crippen LogP contribution in [0.3, 0.4) is 0 Å². The summed E-state index contributed by atoms with van der Waals surface area (Å²) in [4.78, 5) is 32.2. The van der Waals surface area contributed by atoms with Crippen molar-refractivity contribution < 1.29 is 14.3 Å². The van der Waals surface area contributed by atoms with E-state index in [0.29, 0.717) is 31.5 Å². The van der Waals surface area contributed by atoms with Gasteiger partial charge in [0.15, 0.2) is 0 Å². The Kier molecular flexibility index (Phi) is 7.39. The lowest BCUT2D eigenvalue weighted by Gasteiger charge is -2.42. The topological polar surface area (TPSA) is 53.1 Å². The van der Waals surface area contributed by atoms with E-state index in [1.165, 1.54) is 12.8 Å². The predicted octanol–water partition coefficient (Wildman–Crippen LogP) is 2.53. The predicted molar refractivity (Wildman–Crippen MR) is 116 cm³/mol. The molecule has 1 aromatic rings. The molecule has 6 nitrogen and oxygen atoms in total. The number of likely N-dealkylation sites (tertiary alicyclic amines) is 1. The minimum absolute atomic E-state index is 0.0113. The molecule has 1 aromatic carbocycles. The van der Waals surface area contributed by atoms with Crippen LogP contribution < -0.4 is 0 Å². The van der Waals surface area contributed by atoms with Gasteiger partial charge in [-0.25, -0.2) is 0 Å². The van der Waals surface area contributed by atoms with E-state index >= 15 is 0 Å². The molecule has 0 aromatic heterocycles. The van der Waals surface area contributed by atoms with Gasteiger partial charge < -0.3 is 14.5 Å². The van der Waals surface area contributed by atoms with E-state index in [4.69, 9.17) is 4.74 Å². The highest BCUT2D eigenvalue weighted by atomic mass is 16.5. The summed E-state index contributed by atoms with van der Waals surface area (Å²) >= 11 is 0. The van der Waals surface area contributed by atoms with Gasteiger partial charge >= 0.3 is 0 Å². The maximum absolute atomic E-state index is 13.3. The summed E-state index contributed by atoms with van der Waals surface area (Å²) in [5.41, 5.74) is 1.08. The number of piperazine rings is 1. The molecule has 30 heavy (non-hydrogen) atoms. The molecule has 0 spiro atoms. The van der Waals surface area contributed by atoms with Crippen LogP contribution in [0.5, 0.6) is 0 Å². The third-order valence-electron chi connectivity index (χ3n) is 6.91. The average Bonchev–Trinajstić information content (AvgIpc) is 3.50. The largest absolute Gasteiger partial charge is 0.367 e. The highest BCUT2D eigenvalue weighted by Gasteiger charge is 2.39. The standard InChI is InChI=1S/C24H35N3O3/c28-22(19-30-18-20-8-2-1-3-9-20)25-14-16-26(17-15-25)23(21-10-4-5-11-21)24(29)27-12-6-7-13-27/h1-3,8-9,21,23H,4-7,10-19H2/t23-/m1/s1. The molecule has 2 heterocycles. The lowest BCUT2D eigenvalue weighted by molar-refractivity contribution is -0.142. The van der Waals surface area contributed by atoms with Gasteiger partial charge in [-0.3, -0.25) is 14.5 Å². The summed E-state index contributed by atoms with van der Waals surface area (Å²) in [6.45, 7) is 5.34. The van der Waals surface area contributed by atoms with Gasteiger partial charge in [-0.05, 0) is 37.2 Å². The molecule has 164 valence electrons. The Labute approximate surface area is 180 Å². The first-order valence-electron chi connectivity index (χ1n) is 11.6. The normalized spacial score (nSPS) is 21.9. The van der Waals surface area contributed by atoms with Gasteiger partial charge in [-0.1, -0.05) is 43.2 Å². The zero-order valence-corrected chi connectivity index (χ0v) is 18.0.